The van der Waals surface area contributed by atoms with Gasteiger partial charge in [0.1, 0.15) is 0 Å². The van der Waals surface area contributed by atoms with Crippen molar-refractivity contribution in [2.75, 3.05) is 26.2 Å². The zero-order valence-electron chi connectivity index (χ0n) is 11.6. The summed E-state index contributed by atoms with van der Waals surface area (Å²) in [7, 11) is 0. The van der Waals surface area contributed by atoms with E-state index in [4.69, 9.17) is 4.74 Å². The lowest BCUT2D eigenvalue weighted by Gasteiger charge is -2.34. The van der Waals surface area contributed by atoms with Crippen LogP contribution in [0.5, 0.6) is 0 Å². The van der Waals surface area contributed by atoms with Crippen LogP contribution in [0.15, 0.2) is 36.5 Å². The van der Waals surface area contributed by atoms with Crippen molar-refractivity contribution in [2.45, 2.75) is 13.0 Å². The molecule has 20 heavy (non-hydrogen) atoms. The van der Waals surface area contributed by atoms with E-state index in [-0.39, 0.29) is 23.8 Å². The molecule has 0 bridgehead atoms. The van der Waals surface area contributed by atoms with E-state index < -0.39 is 0 Å². The van der Waals surface area contributed by atoms with Crippen molar-refractivity contribution >= 4 is 11.8 Å². The van der Waals surface area contributed by atoms with Crippen LogP contribution in [0.25, 0.3) is 0 Å². The highest BCUT2D eigenvalue weighted by Gasteiger charge is 2.27. The molecule has 1 saturated heterocycles. The predicted molar refractivity (Wildman–Crippen MR) is 75.9 cm³/mol. The van der Waals surface area contributed by atoms with Gasteiger partial charge >= 0.3 is 0 Å². The van der Waals surface area contributed by atoms with Gasteiger partial charge in [-0.25, -0.2) is 0 Å². The third-order valence-electron chi connectivity index (χ3n) is 3.28. The normalized spacial score (nSPS) is 22.6. The van der Waals surface area contributed by atoms with Crippen LogP contribution in [0.4, 0.5) is 0 Å². The number of ether oxygens (including phenoxy) is 1. The average Bonchev–Trinajstić information content (AvgIpc) is 2.73. The molecule has 0 spiro atoms. The largest absolute Gasteiger partial charge is 0.373 e. The quantitative estimate of drug-likeness (QED) is 0.823. The smallest absolute Gasteiger partial charge is 0.233 e. The molecule has 1 atom stereocenters. The van der Waals surface area contributed by atoms with Gasteiger partial charge in [0.2, 0.25) is 11.8 Å². The molecule has 0 aromatic rings. The number of hydrogen-bond acceptors (Lipinski definition) is 3. The Labute approximate surface area is 119 Å². The first kappa shape index (κ1) is 14.5. The number of morpholine rings is 1. The number of amides is 2. The van der Waals surface area contributed by atoms with Crippen LogP contribution >= 0.6 is 0 Å². The topological polar surface area (TPSA) is 58.6 Å². The number of rotatable bonds is 3. The van der Waals surface area contributed by atoms with Crippen LogP contribution in [0.1, 0.15) is 6.92 Å². The molecule has 0 aromatic carbocycles. The Balaban J connectivity index is 1.91. The number of carbonyl (C=O) groups excluding carboxylic acids is 2. The summed E-state index contributed by atoms with van der Waals surface area (Å²) in [6.45, 7) is 3.54. The van der Waals surface area contributed by atoms with Gasteiger partial charge in [0.15, 0.2) is 0 Å². The Morgan fingerprint density at radius 3 is 2.60 bits per heavy atom. The highest BCUT2D eigenvalue weighted by molar-refractivity contribution is 5.82. The lowest BCUT2D eigenvalue weighted by atomic mass is 10.1. The lowest BCUT2D eigenvalue weighted by Crippen LogP contribution is -2.50. The monoisotopic (exact) mass is 276 g/mol. The van der Waals surface area contributed by atoms with E-state index >= 15 is 0 Å². The minimum Gasteiger partial charge on any atom is -0.373 e. The summed E-state index contributed by atoms with van der Waals surface area (Å²) in [5.41, 5.74) is 0. The van der Waals surface area contributed by atoms with Crippen molar-refractivity contribution in [3.63, 3.8) is 0 Å². The van der Waals surface area contributed by atoms with Gasteiger partial charge in [-0.1, -0.05) is 36.5 Å². The molecule has 1 aliphatic heterocycles. The van der Waals surface area contributed by atoms with Crippen LogP contribution in [0, 0.1) is 5.92 Å². The van der Waals surface area contributed by atoms with E-state index in [0.29, 0.717) is 26.2 Å². The van der Waals surface area contributed by atoms with Gasteiger partial charge < -0.3 is 15.0 Å². The number of hydrogen-bond donors (Lipinski definition) is 1. The highest BCUT2D eigenvalue weighted by Crippen LogP contribution is 2.13. The van der Waals surface area contributed by atoms with Crippen LogP contribution < -0.4 is 5.32 Å². The third-order valence-corrected chi connectivity index (χ3v) is 3.28. The summed E-state index contributed by atoms with van der Waals surface area (Å²) in [5.74, 6) is -0.223. The number of nitrogens with zero attached hydrogens (tertiary/aromatic N) is 1. The van der Waals surface area contributed by atoms with Gasteiger partial charge in [0.25, 0.3) is 0 Å². The fraction of sp³-hybridized carbons (Fsp3) is 0.467. The fourth-order valence-electron chi connectivity index (χ4n) is 2.24. The summed E-state index contributed by atoms with van der Waals surface area (Å²) >= 11 is 0. The van der Waals surface area contributed by atoms with Crippen LogP contribution in [-0.2, 0) is 14.3 Å². The minimum atomic E-state index is -0.218. The molecule has 1 heterocycles. The average molecular weight is 276 g/mol. The molecule has 2 rings (SSSR count). The molecule has 5 heteroatoms. The van der Waals surface area contributed by atoms with Crippen LogP contribution in [-0.4, -0.2) is 49.1 Å². The maximum atomic E-state index is 12.4. The van der Waals surface area contributed by atoms with E-state index in [0.717, 1.165) is 0 Å². The van der Waals surface area contributed by atoms with Crippen LogP contribution in [0.2, 0.25) is 0 Å². The van der Waals surface area contributed by atoms with E-state index in [1.807, 2.05) is 36.5 Å². The molecule has 5 nitrogen and oxygen atoms in total. The fourth-order valence-corrected chi connectivity index (χ4v) is 2.24. The minimum absolute atomic E-state index is 0.0809. The van der Waals surface area contributed by atoms with Crippen molar-refractivity contribution in [1.82, 2.24) is 10.2 Å². The molecule has 1 aliphatic carbocycles. The molecular formula is C15H20N2O3. The molecule has 0 saturated carbocycles. The highest BCUT2D eigenvalue weighted by atomic mass is 16.5. The van der Waals surface area contributed by atoms with E-state index in [9.17, 15) is 9.59 Å². The first-order chi connectivity index (χ1) is 9.66. The predicted octanol–water partition coefficient (Wildman–Crippen LogP) is 0.648. The standard InChI is InChI=1S/C15H20N2O3/c1-12(18)16-10-14-11-17(8-9-20-14)15(19)13-6-4-2-3-5-7-13/h2-7,13-14H,8-11H2,1H3,(H,16,18)/t14-/m1/s1. The van der Waals surface area contributed by atoms with Crippen molar-refractivity contribution < 1.29 is 14.3 Å². The van der Waals surface area contributed by atoms with Crippen molar-refractivity contribution in [2.24, 2.45) is 5.92 Å². The van der Waals surface area contributed by atoms with Crippen molar-refractivity contribution in [3.8, 4) is 0 Å². The first-order valence-electron chi connectivity index (χ1n) is 6.83. The van der Waals surface area contributed by atoms with E-state index in [1.54, 1.807) is 4.90 Å². The van der Waals surface area contributed by atoms with Gasteiger partial charge in [-0.05, 0) is 0 Å². The Bertz CT molecular complexity index is 438. The van der Waals surface area contributed by atoms with Gasteiger partial charge in [-0.15, -0.1) is 0 Å². The van der Waals surface area contributed by atoms with Gasteiger partial charge in [0.05, 0.1) is 18.6 Å². The number of nitrogens with one attached hydrogen (secondary N) is 1. The summed E-state index contributed by atoms with van der Waals surface area (Å²) in [4.78, 5) is 25.2. The van der Waals surface area contributed by atoms with Gasteiger partial charge in [-0.3, -0.25) is 9.59 Å². The molecule has 1 fully saturated rings. The summed E-state index contributed by atoms with van der Waals surface area (Å²) < 4.78 is 5.56. The third kappa shape index (κ3) is 4.06. The zero-order chi connectivity index (χ0) is 14.4. The summed E-state index contributed by atoms with van der Waals surface area (Å²) in [6.07, 6.45) is 11.2. The lowest BCUT2D eigenvalue weighted by molar-refractivity contribution is -0.140. The first-order valence-corrected chi connectivity index (χ1v) is 6.83. The van der Waals surface area contributed by atoms with E-state index in [2.05, 4.69) is 5.32 Å². The maximum absolute atomic E-state index is 12.4. The summed E-state index contributed by atoms with van der Waals surface area (Å²) in [5, 5.41) is 2.72. The molecule has 0 radical (unpaired) electrons. The molecule has 0 unspecified atom stereocenters. The molecular weight excluding hydrogens is 256 g/mol. The van der Waals surface area contributed by atoms with Crippen molar-refractivity contribution in [1.29, 1.82) is 0 Å². The molecule has 1 N–H and O–H groups in total. The summed E-state index contributed by atoms with van der Waals surface area (Å²) in [6, 6.07) is 0. The van der Waals surface area contributed by atoms with Crippen molar-refractivity contribution in [3.05, 3.63) is 36.5 Å². The Kier molecular flexibility index (Phi) is 5.12. The second-order valence-corrected chi connectivity index (χ2v) is 4.89. The zero-order valence-corrected chi connectivity index (χ0v) is 11.6. The molecule has 2 amide bonds. The number of allylic oxidation sites excluding steroid dienone is 4. The SMILES string of the molecule is CC(=O)NC[C@@H]1CN(C(=O)C2C=CC=CC=C2)CCO1. The second-order valence-electron chi connectivity index (χ2n) is 4.89. The van der Waals surface area contributed by atoms with Gasteiger partial charge in [-0.2, -0.15) is 0 Å². The molecule has 2 aliphatic rings. The Hall–Kier alpha value is -1.88. The Morgan fingerprint density at radius 1 is 1.25 bits per heavy atom. The van der Waals surface area contributed by atoms with E-state index in [1.165, 1.54) is 6.92 Å². The Morgan fingerprint density at radius 2 is 1.95 bits per heavy atom. The molecule has 108 valence electrons. The molecule has 0 aromatic heterocycles. The van der Waals surface area contributed by atoms with Crippen LogP contribution in [0.3, 0.4) is 0 Å². The maximum Gasteiger partial charge on any atom is 0.233 e. The second kappa shape index (κ2) is 7.05. The van der Waals surface area contributed by atoms with Gasteiger partial charge in [0, 0.05) is 26.6 Å². The number of carbonyl (C=O) groups is 2.